The summed E-state index contributed by atoms with van der Waals surface area (Å²) in [5, 5.41) is 2.73. The van der Waals surface area contributed by atoms with Gasteiger partial charge in [0.25, 0.3) is 5.91 Å². The third-order valence-corrected chi connectivity index (χ3v) is 6.94. The van der Waals surface area contributed by atoms with Gasteiger partial charge in [-0.1, -0.05) is 30.3 Å². The van der Waals surface area contributed by atoms with Crippen LogP contribution in [0.25, 0.3) is 0 Å². The lowest BCUT2D eigenvalue weighted by Gasteiger charge is -2.26. The summed E-state index contributed by atoms with van der Waals surface area (Å²) in [6.45, 7) is 1.49. The number of carbonyl (C=O) groups is 2. The molecule has 1 saturated heterocycles. The first-order valence-corrected chi connectivity index (χ1v) is 11.5. The highest BCUT2D eigenvalue weighted by Gasteiger charge is 2.22. The Morgan fingerprint density at radius 3 is 2.40 bits per heavy atom. The minimum Gasteiger partial charge on any atom is -0.351 e. The van der Waals surface area contributed by atoms with Crippen LogP contribution in [0, 0.1) is 0 Å². The molecular weight excluding hydrogens is 402 g/mol. The monoisotopic (exact) mass is 429 g/mol. The van der Waals surface area contributed by atoms with Crippen LogP contribution in [0.2, 0.25) is 0 Å². The highest BCUT2D eigenvalue weighted by atomic mass is 32.2. The quantitative estimate of drug-likeness (QED) is 0.731. The Labute approximate surface area is 177 Å². The number of hydrogen-bond acceptors (Lipinski definition) is 4. The van der Waals surface area contributed by atoms with Crippen LogP contribution in [0.4, 0.5) is 0 Å². The molecule has 2 aromatic carbocycles. The van der Waals surface area contributed by atoms with E-state index in [2.05, 4.69) is 5.32 Å². The maximum atomic E-state index is 12.6. The van der Waals surface area contributed by atoms with Crippen molar-refractivity contribution in [3.8, 4) is 0 Å². The number of benzene rings is 2. The smallest absolute Gasteiger partial charge is 0.253 e. The Bertz CT molecular complexity index is 986. The lowest BCUT2D eigenvalue weighted by molar-refractivity contribution is -0.121. The molecule has 0 radical (unpaired) electrons. The third-order valence-electron chi connectivity index (χ3n) is 5.12. The van der Waals surface area contributed by atoms with Crippen molar-refractivity contribution in [3.63, 3.8) is 0 Å². The predicted molar refractivity (Wildman–Crippen MR) is 114 cm³/mol. The standard InChI is InChI=1S/C22H27N3O4S/c1-24(30(28,29)20-11-4-2-5-12-20)17-21(26)23-16-18-9-8-10-19(15-18)22(27)25-13-6-3-7-14-25/h2,4-5,8-12,15H,3,6-7,13-14,16-17H2,1H3,(H,23,26). The number of sulfonamides is 1. The van der Waals surface area contributed by atoms with Crippen molar-refractivity contribution in [2.45, 2.75) is 30.7 Å². The summed E-state index contributed by atoms with van der Waals surface area (Å²) in [5.41, 5.74) is 1.40. The van der Waals surface area contributed by atoms with Gasteiger partial charge in [-0.3, -0.25) is 9.59 Å². The molecule has 0 bridgehead atoms. The second-order valence-electron chi connectivity index (χ2n) is 7.40. The van der Waals surface area contributed by atoms with Crippen LogP contribution in [0.15, 0.2) is 59.5 Å². The van der Waals surface area contributed by atoms with Crippen LogP contribution in [0.3, 0.4) is 0 Å². The molecule has 1 aliphatic heterocycles. The lowest BCUT2D eigenvalue weighted by Crippen LogP contribution is -2.38. The number of nitrogens with one attached hydrogen (secondary N) is 1. The lowest BCUT2D eigenvalue weighted by atomic mass is 10.1. The normalized spacial score (nSPS) is 14.5. The van der Waals surface area contributed by atoms with Gasteiger partial charge in [0.2, 0.25) is 15.9 Å². The molecule has 0 unspecified atom stereocenters. The molecular formula is C22H27N3O4S. The second-order valence-corrected chi connectivity index (χ2v) is 9.45. The minimum absolute atomic E-state index is 0.0107. The van der Waals surface area contributed by atoms with Crippen molar-refractivity contribution >= 4 is 21.8 Å². The summed E-state index contributed by atoms with van der Waals surface area (Å²) in [7, 11) is -2.35. The maximum Gasteiger partial charge on any atom is 0.253 e. The van der Waals surface area contributed by atoms with Crippen LogP contribution in [-0.2, 0) is 21.4 Å². The first kappa shape index (κ1) is 22.0. The van der Waals surface area contributed by atoms with Crippen LogP contribution < -0.4 is 5.32 Å². The molecule has 30 heavy (non-hydrogen) atoms. The summed E-state index contributed by atoms with van der Waals surface area (Å²) in [4.78, 5) is 26.9. The Balaban J connectivity index is 1.56. The summed E-state index contributed by atoms with van der Waals surface area (Å²) < 4.78 is 26.1. The number of rotatable bonds is 7. The van der Waals surface area contributed by atoms with E-state index in [0.29, 0.717) is 5.56 Å². The van der Waals surface area contributed by atoms with Crippen molar-refractivity contribution < 1.29 is 18.0 Å². The summed E-state index contributed by atoms with van der Waals surface area (Å²) >= 11 is 0. The average Bonchev–Trinajstić information content (AvgIpc) is 2.78. The van der Waals surface area contributed by atoms with Gasteiger partial charge in [-0.2, -0.15) is 4.31 Å². The van der Waals surface area contributed by atoms with Gasteiger partial charge >= 0.3 is 0 Å². The Morgan fingerprint density at radius 1 is 1.00 bits per heavy atom. The van der Waals surface area contributed by atoms with E-state index >= 15 is 0 Å². The Kier molecular flexibility index (Phi) is 7.23. The first-order valence-electron chi connectivity index (χ1n) is 10.0. The molecule has 8 heteroatoms. The second kappa shape index (κ2) is 9.86. The van der Waals surface area contributed by atoms with Crippen molar-refractivity contribution in [2.75, 3.05) is 26.7 Å². The van der Waals surface area contributed by atoms with Crippen LogP contribution in [0.5, 0.6) is 0 Å². The van der Waals surface area contributed by atoms with E-state index in [-0.39, 0.29) is 23.9 Å². The zero-order valence-corrected chi connectivity index (χ0v) is 17.9. The van der Waals surface area contributed by atoms with E-state index in [4.69, 9.17) is 0 Å². The molecule has 1 N–H and O–H groups in total. The van der Waals surface area contributed by atoms with Crippen LogP contribution in [0.1, 0.15) is 35.2 Å². The highest BCUT2D eigenvalue weighted by Crippen LogP contribution is 2.15. The number of likely N-dealkylation sites (tertiary alicyclic amines) is 1. The Hall–Kier alpha value is -2.71. The molecule has 1 aliphatic rings. The molecule has 7 nitrogen and oxygen atoms in total. The molecule has 2 amide bonds. The van der Waals surface area contributed by atoms with Gasteiger partial charge in [0.1, 0.15) is 0 Å². The maximum absolute atomic E-state index is 12.6. The number of nitrogens with zero attached hydrogens (tertiary/aromatic N) is 2. The molecule has 2 aromatic rings. The van der Waals surface area contributed by atoms with Crippen molar-refractivity contribution in [2.24, 2.45) is 0 Å². The van der Waals surface area contributed by atoms with Crippen molar-refractivity contribution in [1.29, 1.82) is 0 Å². The van der Waals surface area contributed by atoms with Gasteiger partial charge in [0.05, 0.1) is 11.4 Å². The fourth-order valence-electron chi connectivity index (χ4n) is 3.41. The van der Waals surface area contributed by atoms with Gasteiger partial charge in [0, 0.05) is 32.2 Å². The van der Waals surface area contributed by atoms with Crippen LogP contribution >= 0.6 is 0 Å². The number of hydrogen-bond donors (Lipinski definition) is 1. The summed E-state index contributed by atoms with van der Waals surface area (Å²) in [6.07, 6.45) is 3.21. The SMILES string of the molecule is CN(CC(=O)NCc1cccc(C(=O)N2CCCCC2)c1)S(=O)(=O)c1ccccc1. The van der Waals surface area contributed by atoms with Crippen LogP contribution in [-0.4, -0.2) is 56.1 Å². The minimum atomic E-state index is -3.73. The summed E-state index contributed by atoms with van der Waals surface area (Å²) in [5.74, 6) is -0.402. The predicted octanol–water partition coefficient (Wildman–Crippen LogP) is 2.25. The molecule has 0 aliphatic carbocycles. The van der Waals surface area contributed by atoms with E-state index in [9.17, 15) is 18.0 Å². The summed E-state index contributed by atoms with van der Waals surface area (Å²) in [6, 6.07) is 15.2. The largest absolute Gasteiger partial charge is 0.351 e. The number of likely N-dealkylation sites (N-methyl/N-ethyl adjacent to an activating group) is 1. The van der Waals surface area contributed by atoms with E-state index < -0.39 is 15.9 Å². The zero-order valence-electron chi connectivity index (χ0n) is 17.1. The van der Waals surface area contributed by atoms with E-state index in [1.54, 1.807) is 36.4 Å². The van der Waals surface area contributed by atoms with Gasteiger partial charge in [-0.15, -0.1) is 0 Å². The van der Waals surface area contributed by atoms with E-state index in [1.807, 2.05) is 11.0 Å². The molecule has 0 saturated carbocycles. The molecule has 0 spiro atoms. The molecule has 1 heterocycles. The first-order chi connectivity index (χ1) is 14.4. The van der Waals surface area contributed by atoms with Gasteiger partial charge in [-0.25, -0.2) is 8.42 Å². The molecule has 1 fully saturated rings. The van der Waals surface area contributed by atoms with Crippen molar-refractivity contribution in [1.82, 2.24) is 14.5 Å². The number of amides is 2. The fourth-order valence-corrected chi connectivity index (χ4v) is 4.56. The van der Waals surface area contributed by atoms with Gasteiger partial charge in [0.15, 0.2) is 0 Å². The molecule has 160 valence electrons. The van der Waals surface area contributed by atoms with Gasteiger partial charge < -0.3 is 10.2 Å². The fraction of sp³-hybridized carbons (Fsp3) is 0.364. The molecule has 3 rings (SSSR count). The van der Waals surface area contributed by atoms with Crippen molar-refractivity contribution in [3.05, 3.63) is 65.7 Å². The topological polar surface area (TPSA) is 86.8 Å². The number of carbonyl (C=O) groups excluding carboxylic acids is 2. The molecule has 0 atom stereocenters. The highest BCUT2D eigenvalue weighted by molar-refractivity contribution is 7.89. The average molecular weight is 430 g/mol. The Morgan fingerprint density at radius 2 is 1.70 bits per heavy atom. The van der Waals surface area contributed by atoms with E-state index in [0.717, 1.165) is 42.2 Å². The third kappa shape index (κ3) is 5.46. The van der Waals surface area contributed by atoms with E-state index in [1.165, 1.54) is 19.2 Å². The van der Waals surface area contributed by atoms with Gasteiger partial charge in [-0.05, 0) is 49.1 Å². The molecule has 0 aromatic heterocycles. The number of piperidine rings is 1. The zero-order chi connectivity index (χ0) is 21.6.